The molecule has 166 valence electrons. The quantitative estimate of drug-likeness (QED) is 0.264. The molecule has 0 aliphatic carbocycles. The van der Waals surface area contributed by atoms with Crippen molar-refractivity contribution in [3.05, 3.63) is 35.0 Å². The van der Waals surface area contributed by atoms with Gasteiger partial charge in [-0.05, 0) is 51.1 Å². The van der Waals surface area contributed by atoms with Gasteiger partial charge in [-0.3, -0.25) is 4.79 Å². The van der Waals surface area contributed by atoms with Gasteiger partial charge in [0, 0.05) is 37.4 Å². The molecule has 0 radical (unpaired) electrons. The fraction of sp³-hybridized carbons (Fsp3) is 0.565. The van der Waals surface area contributed by atoms with Crippen LogP contribution < -0.4 is 9.47 Å². The number of benzene rings is 1. The summed E-state index contributed by atoms with van der Waals surface area (Å²) in [6, 6.07) is 5.73. The molecule has 0 saturated carbocycles. The monoisotopic (exact) mass is 435 g/mol. The van der Waals surface area contributed by atoms with E-state index in [1.54, 1.807) is 26.0 Å². The summed E-state index contributed by atoms with van der Waals surface area (Å²) in [6.07, 6.45) is 3.04. The first-order valence-electron chi connectivity index (χ1n) is 10.1. The van der Waals surface area contributed by atoms with Gasteiger partial charge in [-0.25, -0.2) is 4.79 Å². The van der Waals surface area contributed by atoms with Crippen LogP contribution in [0, 0.1) is 0 Å². The summed E-state index contributed by atoms with van der Waals surface area (Å²) < 4.78 is 16.4. The van der Waals surface area contributed by atoms with Crippen molar-refractivity contribution in [1.82, 2.24) is 4.90 Å². The predicted molar refractivity (Wildman–Crippen MR) is 120 cm³/mol. The van der Waals surface area contributed by atoms with Crippen LogP contribution in [0.2, 0.25) is 0 Å². The minimum atomic E-state index is -0.682. The maximum absolute atomic E-state index is 13.1. The number of esters is 1. The molecule has 1 unspecified atom stereocenters. The number of nitrogens with zero attached hydrogens (tertiary/aromatic N) is 1. The van der Waals surface area contributed by atoms with Gasteiger partial charge in [-0.2, -0.15) is 11.8 Å². The topological polar surface area (TPSA) is 65.1 Å². The molecule has 0 spiro atoms. The number of ketones is 1. The van der Waals surface area contributed by atoms with Crippen molar-refractivity contribution in [3.8, 4) is 11.5 Å². The number of hydrogen-bond donors (Lipinski definition) is 0. The van der Waals surface area contributed by atoms with Gasteiger partial charge in [-0.1, -0.05) is 6.07 Å². The summed E-state index contributed by atoms with van der Waals surface area (Å²) in [5, 5.41) is 0. The van der Waals surface area contributed by atoms with Crippen molar-refractivity contribution in [2.75, 3.05) is 39.8 Å². The number of thioether (sulfide) groups is 1. The predicted octanol–water partition coefficient (Wildman–Crippen LogP) is 4.04. The maximum Gasteiger partial charge on any atom is 0.344 e. The lowest BCUT2D eigenvalue weighted by molar-refractivity contribution is -0.151. The fourth-order valence-electron chi connectivity index (χ4n) is 3.62. The van der Waals surface area contributed by atoms with E-state index in [4.69, 9.17) is 14.2 Å². The van der Waals surface area contributed by atoms with Crippen LogP contribution >= 0.6 is 11.8 Å². The molecule has 1 atom stereocenters. The largest absolute Gasteiger partial charge is 0.493 e. The molecule has 0 bridgehead atoms. The lowest BCUT2D eigenvalue weighted by atomic mass is 9.90. The molecule has 0 amide bonds. The SMILES string of the molecule is COc1ccc(C2CCN(C)/C2=C(\C(=O)CCSC)C(=O)OC(C)(C)C)cc1OC. The van der Waals surface area contributed by atoms with E-state index in [1.807, 2.05) is 57.2 Å². The maximum atomic E-state index is 13.1. The summed E-state index contributed by atoms with van der Waals surface area (Å²) in [5.74, 6) is 1.09. The van der Waals surface area contributed by atoms with Crippen LogP contribution in [0.1, 0.15) is 45.1 Å². The number of rotatable bonds is 8. The van der Waals surface area contributed by atoms with Crippen LogP contribution in [0.15, 0.2) is 29.5 Å². The summed E-state index contributed by atoms with van der Waals surface area (Å²) in [4.78, 5) is 28.2. The van der Waals surface area contributed by atoms with Crippen LogP contribution in [-0.4, -0.2) is 62.1 Å². The number of likely N-dealkylation sites (tertiary alicyclic amines) is 1. The Bertz CT molecular complexity index is 812. The fourth-order valence-corrected chi connectivity index (χ4v) is 4.00. The number of ether oxygens (including phenoxy) is 3. The van der Waals surface area contributed by atoms with Crippen molar-refractivity contribution in [2.24, 2.45) is 0 Å². The van der Waals surface area contributed by atoms with Crippen molar-refractivity contribution in [3.63, 3.8) is 0 Å². The average Bonchev–Trinajstić information content (AvgIpc) is 3.05. The zero-order valence-electron chi connectivity index (χ0n) is 19.0. The third-order valence-electron chi connectivity index (χ3n) is 4.98. The second kappa shape index (κ2) is 10.2. The lowest BCUT2D eigenvalue weighted by Crippen LogP contribution is -2.30. The first-order chi connectivity index (χ1) is 14.1. The summed E-state index contributed by atoms with van der Waals surface area (Å²) in [5.41, 5.74) is 1.19. The van der Waals surface area contributed by atoms with Gasteiger partial charge in [0.1, 0.15) is 11.2 Å². The lowest BCUT2D eigenvalue weighted by Gasteiger charge is -2.25. The minimum Gasteiger partial charge on any atom is -0.493 e. The Balaban J connectivity index is 2.58. The van der Waals surface area contributed by atoms with Gasteiger partial charge in [0.05, 0.1) is 14.2 Å². The van der Waals surface area contributed by atoms with E-state index in [9.17, 15) is 9.59 Å². The number of likely N-dealkylation sites (N-methyl/N-ethyl adjacent to an activating group) is 1. The van der Waals surface area contributed by atoms with Crippen LogP contribution in [-0.2, 0) is 14.3 Å². The molecule has 1 aromatic carbocycles. The van der Waals surface area contributed by atoms with E-state index in [2.05, 4.69) is 0 Å². The second-order valence-corrected chi connectivity index (χ2v) is 9.29. The van der Waals surface area contributed by atoms with Crippen molar-refractivity contribution in [1.29, 1.82) is 0 Å². The standard InChI is InChI=1S/C23H33NO5S/c1-23(2,3)29-22(26)20(17(25)11-13-30-7)21-16(10-12-24(21)4)15-8-9-18(27-5)19(14-15)28-6/h8-9,14,16H,10-13H2,1-7H3/b21-20+. The van der Waals surface area contributed by atoms with Crippen LogP contribution in [0.25, 0.3) is 0 Å². The molecule has 1 aliphatic rings. The van der Waals surface area contributed by atoms with Gasteiger partial charge >= 0.3 is 5.97 Å². The van der Waals surface area contributed by atoms with E-state index < -0.39 is 11.6 Å². The van der Waals surface area contributed by atoms with E-state index >= 15 is 0 Å². The van der Waals surface area contributed by atoms with Crippen molar-refractivity contribution in [2.45, 2.75) is 45.1 Å². The van der Waals surface area contributed by atoms with Crippen LogP contribution in [0.4, 0.5) is 0 Å². The van der Waals surface area contributed by atoms with Crippen molar-refractivity contribution >= 4 is 23.5 Å². The molecular formula is C23H33NO5S. The van der Waals surface area contributed by atoms with E-state index in [-0.39, 0.29) is 17.3 Å². The Hall–Kier alpha value is -2.15. The molecule has 1 heterocycles. The van der Waals surface area contributed by atoms with Gasteiger partial charge < -0.3 is 19.1 Å². The first-order valence-corrected chi connectivity index (χ1v) is 11.4. The minimum absolute atomic E-state index is 0.101. The highest BCUT2D eigenvalue weighted by atomic mass is 32.2. The Morgan fingerprint density at radius 3 is 2.40 bits per heavy atom. The Kier molecular flexibility index (Phi) is 8.24. The smallest absolute Gasteiger partial charge is 0.344 e. The number of carbonyl (C=O) groups excluding carboxylic acids is 2. The van der Waals surface area contributed by atoms with E-state index in [0.29, 0.717) is 23.7 Å². The van der Waals surface area contributed by atoms with Gasteiger partial charge in [0.2, 0.25) is 0 Å². The van der Waals surface area contributed by atoms with E-state index in [0.717, 1.165) is 24.2 Å². The molecule has 0 N–H and O–H groups in total. The Morgan fingerprint density at radius 2 is 1.83 bits per heavy atom. The van der Waals surface area contributed by atoms with Gasteiger partial charge in [0.25, 0.3) is 0 Å². The molecule has 6 nitrogen and oxygen atoms in total. The number of allylic oxidation sites excluding steroid dienone is 1. The molecule has 0 aromatic heterocycles. The molecule has 1 fully saturated rings. The second-order valence-electron chi connectivity index (χ2n) is 8.31. The third-order valence-corrected chi connectivity index (χ3v) is 5.59. The molecule has 30 heavy (non-hydrogen) atoms. The van der Waals surface area contributed by atoms with E-state index in [1.165, 1.54) is 0 Å². The highest BCUT2D eigenvalue weighted by Crippen LogP contribution is 2.41. The zero-order chi connectivity index (χ0) is 22.5. The summed E-state index contributed by atoms with van der Waals surface area (Å²) >= 11 is 1.58. The van der Waals surface area contributed by atoms with Crippen LogP contribution in [0.5, 0.6) is 11.5 Å². The first kappa shape index (κ1) is 24.1. The Morgan fingerprint density at radius 1 is 1.17 bits per heavy atom. The van der Waals surface area contributed by atoms with Crippen LogP contribution in [0.3, 0.4) is 0 Å². The van der Waals surface area contributed by atoms with Crippen molar-refractivity contribution < 1.29 is 23.8 Å². The molecule has 7 heteroatoms. The normalized spacial score (nSPS) is 18.2. The third kappa shape index (κ3) is 5.72. The molecular weight excluding hydrogens is 402 g/mol. The van der Waals surface area contributed by atoms with Gasteiger partial charge in [0.15, 0.2) is 17.3 Å². The number of hydrogen-bond acceptors (Lipinski definition) is 7. The highest BCUT2D eigenvalue weighted by molar-refractivity contribution is 7.98. The summed E-state index contributed by atoms with van der Waals surface area (Å²) in [6.45, 7) is 6.17. The molecule has 1 saturated heterocycles. The number of carbonyl (C=O) groups is 2. The molecule has 1 aromatic rings. The summed E-state index contributed by atoms with van der Waals surface area (Å²) in [7, 11) is 5.11. The molecule has 1 aliphatic heterocycles. The molecule has 2 rings (SSSR count). The number of methoxy groups -OCH3 is 2. The Labute approximate surface area is 183 Å². The highest BCUT2D eigenvalue weighted by Gasteiger charge is 2.37. The number of Topliss-reactive ketones (excluding diaryl/α,β-unsaturated/α-hetero) is 1. The zero-order valence-corrected chi connectivity index (χ0v) is 19.9. The average molecular weight is 436 g/mol. The van der Waals surface area contributed by atoms with Gasteiger partial charge in [-0.15, -0.1) is 0 Å².